The third-order valence-electron chi connectivity index (χ3n) is 2.28. The standard InChI is InChI=1S/C12H17ClFNO/c1-8(2)16-7-12(15-3)10-5-4-9(13)6-11(10)14/h4-6,8,12,15H,7H2,1-3H3. The average molecular weight is 246 g/mol. The molecule has 4 heteroatoms. The first-order valence-corrected chi connectivity index (χ1v) is 5.66. The second kappa shape index (κ2) is 6.18. The van der Waals surface area contributed by atoms with Gasteiger partial charge in [-0.15, -0.1) is 0 Å². The van der Waals surface area contributed by atoms with Gasteiger partial charge < -0.3 is 10.1 Å². The highest BCUT2D eigenvalue weighted by molar-refractivity contribution is 6.30. The van der Waals surface area contributed by atoms with Crippen molar-refractivity contribution in [3.05, 3.63) is 34.6 Å². The molecule has 0 aromatic heterocycles. The molecular formula is C12H17ClFNO. The summed E-state index contributed by atoms with van der Waals surface area (Å²) in [5.41, 5.74) is 0.576. The molecule has 1 aromatic rings. The monoisotopic (exact) mass is 245 g/mol. The van der Waals surface area contributed by atoms with Crippen molar-refractivity contribution in [1.29, 1.82) is 0 Å². The Hall–Kier alpha value is -0.640. The second-order valence-electron chi connectivity index (χ2n) is 3.89. The van der Waals surface area contributed by atoms with Gasteiger partial charge in [0.2, 0.25) is 0 Å². The molecule has 1 atom stereocenters. The van der Waals surface area contributed by atoms with Crippen LogP contribution >= 0.6 is 11.6 Å². The van der Waals surface area contributed by atoms with Crippen molar-refractivity contribution in [1.82, 2.24) is 5.32 Å². The van der Waals surface area contributed by atoms with E-state index in [1.807, 2.05) is 13.8 Å². The zero-order valence-electron chi connectivity index (χ0n) is 9.76. The summed E-state index contributed by atoms with van der Waals surface area (Å²) in [4.78, 5) is 0. The van der Waals surface area contributed by atoms with Gasteiger partial charge >= 0.3 is 0 Å². The van der Waals surface area contributed by atoms with Gasteiger partial charge in [-0.05, 0) is 33.0 Å². The quantitative estimate of drug-likeness (QED) is 0.861. The molecule has 0 aliphatic carbocycles. The minimum absolute atomic E-state index is 0.131. The van der Waals surface area contributed by atoms with Crippen molar-refractivity contribution >= 4 is 11.6 Å². The van der Waals surface area contributed by atoms with Gasteiger partial charge in [-0.25, -0.2) is 4.39 Å². The van der Waals surface area contributed by atoms with Gasteiger partial charge in [0.1, 0.15) is 5.82 Å². The molecule has 0 fully saturated rings. The smallest absolute Gasteiger partial charge is 0.129 e. The molecular weight excluding hydrogens is 229 g/mol. The molecule has 0 heterocycles. The van der Waals surface area contributed by atoms with Crippen LogP contribution in [0.3, 0.4) is 0 Å². The molecule has 0 bridgehead atoms. The summed E-state index contributed by atoms with van der Waals surface area (Å²) >= 11 is 5.70. The largest absolute Gasteiger partial charge is 0.377 e. The maximum atomic E-state index is 13.6. The SMILES string of the molecule is CNC(COC(C)C)c1ccc(Cl)cc1F. The highest BCUT2D eigenvalue weighted by Crippen LogP contribution is 2.21. The average Bonchev–Trinajstić information content (AvgIpc) is 2.21. The van der Waals surface area contributed by atoms with Crippen LogP contribution in [0.15, 0.2) is 18.2 Å². The lowest BCUT2D eigenvalue weighted by molar-refractivity contribution is 0.0619. The summed E-state index contributed by atoms with van der Waals surface area (Å²) in [6.07, 6.45) is 0.131. The molecule has 1 aromatic carbocycles. The van der Waals surface area contributed by atoms with Crippen LogP contribution in [-0.2, 0) is 4.74 Å². The number of rotatable bonds is 5. The van der Waals surface area contributed by atoms with Crippen molar-refractivity contribution in [2.45, 2.75) is 26.0 Å². The molecule has 0 radical (unpaired) electrons. The lowest BCUT2D eigenvalue weighted by atomic mass is 10.1. The Balaban J connectivity index is 2.78. The Morgan fingerprint density at radius 3 is 2.62 bits per heavy atom. The Bertz CT molecular complexity index is 344. The van der Waals surface area contributed by atoms with E-state index in [2.05, 4.69) is 5.32 Å². The Labute approximate surface area is 101 Å². The normalized spacial score (nSPS) is 13.1. The van der Waals surface area contributed by atoms with E-state index in [0.29, 0.717) is 17.2 Å². The van der Waals surface area contributed by atoms with Crippen LogP contribution in [0.1, 0.15) is 25.5 Å². The number of nitrogens with one attached hydrogen (secondary N) is 1. The van der Waals surface area contributed by atoms with E-state index in [-0.39, 0.29) is 18.0 Å². The van der Waals surface area contributed by atoms with Crippen LogP contribution in [0.2, 0.25) is 5.02 Å². The summed E-state index contributed by atoms with van der Waals surface area (Å²) in [5.74, 6) is -0.306. The van der Waals surface area contributed by atoms with E-state index < -0.39 is 0 Å². The highest BCUT2D eigenvalue weighted by Gasteiger charge is 2.14. The molecule has 0 saturated heterocycles. The molecule has 0 aliphatic heterocycles. The molecule has 0 aliphatic rings. The van der Waals surface area contributed by atoms with Crippen molar-refractivity contribution in [3.8, 4) is 0 Å². The summed E-state index contributed by atoms with van der Waals surface area (Å²) < 4.78 is 19.1. The first kappa shape index (κ1) is 13.4. The molecule has 0 amide bonds. The van der Waals surface area contributed by atoms with E-state index in [4.69, 9.17) is 16.3 Å². The van der Waals surface area contributed by atoms with Gasteiger partial charge in [0.25, 0.3) is 0 Å². The molecule has 2 nitrogen and oxygen atoms in total. The summed E-state index contributed by atoms with van der Waals surface area (Å²) in [5, 5.41) is 3.43. The second-order valence-corrected chi connectivity index (χ2v) is 4.33. The number of ether oxygens (including phenoxy) is 1. The first-order chi connectivity index (χ1) is 7.54. The van der Waals surface area contributed by atoms with Crippen molar-refractivity contribution < 1.29 is 9.13 Å². The van der Waals surface area contributed by atoms with Crippen molar-refractivity contribution in [2.24, 2.45) is 0 Å². The van der Waals surface area contributed by atoms with Gasteiger partial charge in [0, 0.05) is 10.6 Å². The molecule has 1 rings (SSSR count). The zero-order chi connectivity index (χ0) is 12.1. The highest BCUT2D eigenvalue weighted by atomic mass is 35.5. The van der Waals surface area contributed by atoms with Crippen LogP contribution in [0.5, 0.6) is 0 Å². The van der Waals surface area contributed by atoms with Gasteiger partial charge in [-0.2, -0.15) is 0 Å². The minimum Gasteiger partial charge on any atom is -0.377 e. The predicted molar refractivity (Wildman–Crippen MR) is 64.3 cm³/mol. The maximum absolute atomic E-state index is 13.6. The Morgan fingerprint density at radius 2 is 2.12 bits per heavy atom. The maximum Gasteiger partial charge on any atom is 0.129 e. The zero-order valence-corrected chi connectivity index (χ0v) is 10.5. The third-order valence-corrected chi connectivity index (χ3v) is 2.52. The van der Waals surface area contributed by atoms with E-state index in [9.17, 15) is 4.39 Å². The summed E-state index contributed by atoms with van der Waals surface area (Å²) in [6.45, 7) is 4.34. The molecule has 90 valence electrons. The lowest BCUT2D eigenvalue weighted by Gasteiger charge is -2.19. The number of hydrogen-bond donors (Lipinski definition) is 1. The van der Waals surface area contributed by atoms with E-state index in [1.165, 1.54) is 6.07 Å². The third kappa shape index (κ3) is 3.74. The minimum atomic E-state index is -0.306. The predicted octanol–water partition coefficient (Wildman–Crippen LogP) is 3.16. The lowest BCUT2D eigenvalue weighted by Crippen LogP contribution is -2.24. The Morgan fingerprint density at radius 1 is 1.44 bits per heavy atom. The van der Waals surface area contributed by atoms with Gasteiger partial charge in [-0.3, -0.25) is 0 Å². The molecule has 0 spiro atoms. The number of likely N-dealkylation sites (N-methyl/N-ethyl adjacent to an activating group) is 1. The molecule has 0 saturated carbocycles. The Kier molecular flexibility index (Phi) is 5.19. The summed E-state index contributed by atoms with van der Waals surface area (Å²) in [7, 11) is 1.78. The van der Waals surface area contributed by atoms with E-state index in [1.54, 1.807) is 19.2 Å². The van der Waals surface area contributed by atoms with Crippen molar-refractivity contribution in [3.63, 3.8) is 0 Å². The number of halogens is 2. The first-order valence-electron chi connectivity index (χ1n) is 5.28. The van der Waals surface area contributed by atoms with Crippen LogP contribution in [0, 0.1) is 5.82 Å². The van der Waals surface area contributed by atoms with Crippen LogP contribution in [-0.4, -0.2) is 19.8 Å². The molecule has 1 N–H and O–H groups in total. The van der Waals surface area contributed by atoms with Gasteiger partial charge in [-0.1, -0.05) is 17.7 Å². The van der Waals surface area contributed by atoms with E-state index in [0.717, 1.165) is 0 Å². The van der Waals surface area contributed by atoms with E-state index >= 15 is 0 Å². The van der Waals surface area contributed by atoms with Crippen LogP contribution < -0.4 is 5.32 Å². The number of benzene rings is 1. The summed E-state index contributed by atoms with van der Waals surface area (Å²) in [6, 6.07) is 4.53. The fourth-order valence-electron chi connectivity index (χ4n) is 1.40. The number of hydrogen-bond acceptors (Lipinski definition) is 2. The van der Waals surface area contributed by atoms with Gasteiger partial charge in [0.05, 0.1) is 18.8 Å². The fourth-order valence-corrected chi connectivity index (χ4v) is 1.56. The molecule has 16 heavy (non-hydrogen) atoms. The van der Waals surface area contributed by atoms with Crippen molar-refractivity contribution in [2.75, 3.05) is 13.7 Å². The van der Waals surface area contributed by atoms with Crippen LogP contribution in [0.4, 0.5) is 4.39 Å². The van der Waals surface area contributed by atoms with Gasteiger partial charge in [0.15, 0.2) is 0 Å². The van der Waals surface area contributed by atoms with Crippen LogP contribution in [0.25, 0.3) is 0 Å². The molecule has 1 unspecified atom stereocenters. The topological polar surface area (TPSA) is 21.3 Å². The fraction of sp³-hybridized carbons (Fsp3) is 0.500.